The van der Waals surface area contributed by atoms with Gasteiger partial charge in [-0.3, -0.25) is 19.6 Å². The van der Waals surface area contributed by atoms with Crippen molar-refractivity contribution in [3.63, 3.8) is 0 Å². The zero-order chi connectivity index (χ0) is 31.0. The van der Waals surface area contributed by atoms with Crippen molar-refractivity contribution in [1.82, 2.24) is 25.1 Å². The first-order valence-corrected chi connectivity index (χ1v) is 15.8. The number of halogens is 2. The molecule has 2 unspecified atom stereocenters. The van der Waals surface area contributed by atoms with E-state index in [0.29, 0.717) is 72.1 Å². The van der Waals surface area contributed by atoms with Gasteiger partial charge in [0.15, 0.2) is 16.0 Å². The number of hydrogen-bond donors (Lipinski definition) is 2. The summed E-state index contributed by atoms with van der Waals surface area (Å²) in [7, 11) is 1.29. The average Bonchev–Trinajstić information content (AvgIpc) is 3.76. The van der Waals surface area contributed by atoms with Gasteiger partial charge in [-0.05, 0) is 12.1 Å². The number of benzene rings is 1. The van der Waals surface area contributed by atoms with Gasteiger partial charge in [0.1, 0.15) is 11.9 Å². The van der Waals surface area contributed by atoms with Crippen LogP contribution in [0.5, 0.6) is 0 Å². The van der Waals surface area contributed by atoms with Gasteiger partial charge in [0.2, 0.25) is 0 Å². The van der Waals surface area contributed by atoms with Crippen molar-refractivity contribution in [2.75, 3.05) is 44.7 Å². The fourth-order valence-electron chi connectivity index (χ4n) is 5.54. The first-order valence-electron chi connectivity index (χ1n) is 13.7. The second-order valence-electron chi connectivity index (χ2n) is 10.4. The van der Waals surface area contributed by atoms with E-state index < -0.39 is 23.8 Å². The number of aryl methyl sites for hydroxylation is 1. The number of thiazole rings is 2. The Morgan fingerprint density at radius 1 is 1.25 bits per heavy atom. The van der Waals surface area contributed by atoms with Crippen molar-refractivity contribution < 1.29 is 28.6 Å². The number of rotatable bonds is 9. The smallest absolute Gasteiger partial charge is 0.338 e. The van der Waals surface area contributed by atoms with Crippen LogP contribution in [0.1, 0.15) is 28.7 Å². The van der Waals surface area contributed by atoms with Crippen LogP contribution in [0.4, 0.5) is 14.3 Å². The molecule has 0 radical (unpaired) electrons. The highest BCUT2D eigenvalue weighted by atomic mass is 35.5. The summed E-state index contributed by atoms with van der Waals surface area (Å²) >= 11 is 9.16. The number of anilines is 1. The number of methoxy groups -OCH3 is 1. The first-order chi connectivity index (χ1) is 21.2. The Morgan fingerprint density at radius 3 is 2.82 bits per heavy atom. The quantitative estimate of drug-likeness (QED) is 0.330. The number of carbonyl (C=O) groups excluding carboxylic acids is 2. The van der Waals surface area contributed by atoms with Gasteiger partial charge in [-0.1, -0.05) is 17.7 Å². The van der Waals surface area contributed by atoms with E-state index in [9.17, 15) is 18.8 Å². The van der Waals surface area contributed by atoms with Gasteiger partial charge in [0.25, 0.3) is 0 Å². The summed E-state index contributed by atoms with van der Waals surface area (Å²) in [6.45, 7) is 2.29. The molecular weight excluding hydrogens is 633 g/mol. The lowest BCUT2D eigenvalue weighted by atomic mass is 9.95. The number of carbonyl (C=O) groups is 3. The summed E-state index contributed by atoms with van der Waals surface area (Å²) < 4.78 is 19.1. The van der Waals surface area contributed by atoms with E-state index >= 15 is 0 Å². The highest BCUT2D eigenvalue weighted by molar-refractivity contribution is 7.14. The second-order valence-corrected chi connectivity index (χ2v) is 12.5. The average molecular weight is 660 g/mol. The summed E-state index contributed by atoms with van der Waals surface area (Å²) in [6.07, 6.45) is 1.93. The van der Waals surface area contributed by atoms with E-state index in [0.717, 1.165) is 0 Å². The number of aromatic nitrogens is 2. The molecule has 5 heterocycles. The molecule has 3 aliphatic rings. The molecule has 16 heteroatoms. The van der Waals surface area contributed by atoms with Gasteiger partial charge in [-0.2, -0.15) is 0 Å². The topological polar surface area (TPSA) is 141 Å². The molecule has 0 bridgehead atoms. The standard InChI is InChI=1S/C28H27ClFN7O5S2/c1-42-26(40)22-20(33-24(25-31-6-9-43-25)34-23(22)18-4-2-15(30)10-19(18)29)13-35-7-8-36-17(11-35)12-37(28(36)41)27-32-16(14-44-27)3-5-21(38)39/h2,4,6,9-10,14,17,23H,3,5,7-8,11-13H2,1H3,(H,33,34)(H,38,39). The normalized spacial score (nSPS) is 20.4. The number of aliphatic imine (C=N–C) groups is 1. The number of amides is 2. The summed E-state index contributed by atoms with van der Waals surface area (Å²) in [5.74, 6) is -1.54. The monoisotopic (exact) mass is 659 g/mol. The largest absolute Gasteiger partial charge is 0.481 e. The Morgan fingerprint density at radius 2 is 2.09 bits per heavy atom. The van der Waals surface area contributed by atoms with Crippen LogP contribution >= 0.6 is 34.3 Å². The van der Waals surface area contributed by atoms with Gasteiger partial charge < -0.3 is 20.1 Å². The van der Waals surface area contributed by atoms with E-state index in [1.807, 2.05) is 10.3 Å². The van der Waals surface area contributed by atoms with Gasteiger partial charge in [0.05, 0.1) is 37.4 Å². The number of piperazine rings is 1. The highest BCUT2D eigenvalue weighted by Gasteiger charge is 2.43. The van der Waals surface area contributed by atoms with Gasteiger partial charge in [-0.15, -0.1) is 22.7 Å². The molecule has 2 amide bonds. The molecular formula is C28H27ClFN7O5S2. The molecule has 2 saturated heterocycles. The molecule has 2 aromatic heterocycles. The van der Waals surface area contributed by atoms with E-state index in [-0.39, 0.29) is 29.1 Å². The van der Waals surface area contributed by atoms with Crippen molar-refractivity contribution in [1.29, 1.82) is 0 Å². The van der Waals surface area contributed by atoms with Gasteiger partial charge in [-0.25, -0.2) is 23.9 Å². The van der Waals surface area contributed by atoms with Crippen molar-refractivity contribution >= 4 is 63.2 Å². The van der Waals surface area contributed by atoms with E-state index in [1.54, 1.807) is 16.5 Å². The van der Waals surface area contributed by atoms with Crippen LogP contribution in [0.3, 0.4) is 0 Å². The number of nitrogens with one attached hydrogen (secondary N) is 1. The highest BCUT2D eigenvalue weighted by Crippen LogP contribution is 2.37. The van der Waals surface area contributed by atoms with Crippen molar-refractivity contribution in [2.24, 2.45) is 4.99 Å². The fourth-order valence-corrected chi connectivity index (χ4v) is 7.26. The number of ether oxygens (including phenoxy) is 1. The second kappa shape index (κ2) is 12.6. The molecule has 230 valence electrons. The Bertz CT molecular complexity index is 1660. The zero-order valence-corrected chi connectivity index (χ0v) is 25.8. The zero-order valence-electron chi connectivity index (χ0n) is 23.4. The van der Waals surface area contributed by atoms with Crippen LogP contribution in [-0.4, -0.2) is 94.6 Å². The maximum Gasteiger partial charge on any atom is 0.338 e. The van der Waals surface area contributed by atoms with Crippen LogP contribution < -0.4 is 10.2 Å². The number of amidine groups is 1. The van der Waals surface area contributed by atoms with Crippen molar-refractivity contribution in [3.05, 3.63) is 73.5 Å². The lowest BCUT2D eigenvalue weighted by Crippen LogP contribution is -2.53. The minimum atomic E-state index is -0.899. The van der Waals surface area contributed by atoms with Crippen LogP contribution in [0.15, 0.2) is 51.4 Å². The van der Waals surface area contributed by atoms with E-state index in [1.165, 1.54) is 48.0 Å². The third-order valence-corrected chi connectivity index (χ3v) is 9.63. The summed E-state index contributed by atoms with van der Waals surface area (Å²) in [4.78, 5) is 56.8. The maximum absolute atomic E-state index is 14.0. The maximum atomic E-state index is 14.0. The minimum absolute atomic E-state index is 0.0263. The molecule has 0 aliphatic carbocycles. The Balaban J connectivity index is 1.25. The lowest BCUT2D eigenvalue weighted by molar-refractivity contribution is -0.137. The predicted octanol–water partition coefficient (Wildman–Crippen LogP) is 3.55. The molecule has 2 fully saturated rings. The van der Waals surface area contributed by atoms with Crippen LogP contribution in [0.25, 0.3) is 0 Å². The van der Waals surface area contributed by atoms with Gasteiger partial charge >= 0.3 is 18.0 Å². The van der Waals surface area contributed by atoms with E-state index in [2.05, 4.69) is 20.2 Å². The first kappa shape index (κ1) is 30.1. The molecule has 6 rings (SSSR count). The number of carboxylic acid groups (broad SMARTS) is 1. The molecule has 3 aromatic rings. The summed E-state index contributed by atoms with van der Waals surface area (Å²) in [5.41, 5.74) is 1.91. The van der Waals surface area contributed by atoms with Crippen LogP contribution in [0.2, 0.25) is 5.02 Å². The van der Waals surface area contributed by atoms with Crippen LogP contribution in [-0.2, 0) is 20.7 Å². The molecule has 44 heavy (non-hydrogen) atoms. The Labute approximate surface area is 264 Å². The van der Waals surface area contributed by atoms with Crippen molar-refractivity contribution in [2.45, 2.75) is 24.9 Å². The SMILES string of the molecule is COC(=O)C1=C(CN2CCN3C(=O)N(c4nc(CCC(=O)O)cs4)CC3C2)NC(c2nccs2)=NC1c1ccc(F)cc1Cl. The van der Waals surface area contributed by atoms with Crippen molar-refractivity contribution in [3.8, 4) is 0 Å². The molecule has 2 atom stereocenters. The predicted molar refractivity (Wildman–Crippen MR) is 163 cm³/mol. The minimum Gasteiger partial charge on any atom is -0.481 e. The fraction of sp³-hybridized carbons (Fsp3) is 0.357. The van der Waals surface area contributed by atoms with E-state index in [4.69, 9.17) is 26.4 Å². The number of fused-ring (bicyclic) bond motifs is 1. The number of aliphatic carboxylic acids is 1. The third-order valence-electron chi connectivity index (χ3n) is 7.61. The molecule has 0 saturated carbocycles. The molecule has 0 spiro atoms. The number of nitrogens with zero attached hydrogens (tertiary/aromatic N) is 6. The number of carboxylic acids is 1. The van der Waals surface area contributed by atoms with Crippen LogP contribution in [0, 0.1) is 5.82 Å². The van der Waals surface area contributed by atoms with Gasteiger partial charge in [0, 0.05) is 65.8 Å². The molecule has 1 aromatic carbocycles. The third kappa shape index (κ3) is 6.04. The molecule has 3 aliphatic heterocycles. The lowest BCUT2D eigenvalue weighted by Gasteiger charge is -2.38. The number of esters is 1. The number of hydrogen-bond acceptors (Lipinski definition) is 11. The Kier molecular flexibility index (Phi) is 8.62. The summed E-state index contributed by atoms with van der Waals surface area (Å²) in [5, 5.41) is 17.2. The summed E-state index contributed by atoms with van der Waals surface area (Å²) in [6, 6.07) is 2.85. The molecule has 2 N–H and O–H groups in total. The number of urea groups is 1. The molecule has 12 nitrogen and oxygen atoms in total. The Hall–Kier alpha value is -3.92.